The van der Waals surface area contributed by atoms with Crippen LogP contribution in [0.4, 0.5) is 5.69 Å². The van der Waals surface area contributed by atoms with Crippen LogP contribution in [0.1, 0.15) is 30.3 Å². The molecule has 1 aromatic heterocycles. The lowest BCUT2D eigenvalue weighted by atomic mass is 10.1. The fourth-order valence-electron chi connectivity index (χ4n) is 3.78. The van der Waals surface area contributed by atoms with E-state index in [0.29, 0.717) is 38.0 Å². The highest BCUT2D eigenvalue weighted by atomic mass is 32.2. The number of hydrogen-bond acceptors (Lipinski definition) is 5. The van der Waals surface area contributed by atoms with Crippen LogP contribution in [-0.4, -0.2) is 63.1 Å². The fourth-order valence-corrected chi connectivity index (χ4v) is 5.18. The zero-order valence-electron chi connectivity index (χ0n) is 17.2. The van der Waals surface area contributed by atoms with Gasteiger partial charge in [-0.05, 0) is 56.0 Å². The number of anilines is 1. The van der Waals surface area contributed by atoms with Crippen LogP contribution < -0.4 is 9.64 Å². The van der Waals surface area contributed by atoms with E-state index in [-0.39, 0.29) is 22.5 Å². The van der Waals surface area contributed by atoms with Crippen LogP contribution in [0.5, 0.6) is 5.75 Å². The second kappa shape index (κ2) is 8.41. The average Bonchev–Trinajstić information content (AvgIpc) is 3.50. The Labute approximate surface area is 176 Å². The molecule has 1 amide bonds. The Morgan fingerprint density at radius 2 is 1.90 bits per heavy atom. The molecule has 162 valence electrons. The number of hydrogen-bond donors (Lipinski definition) is 1. The van der Waals surface area contributed by atoms with Gasteiger partial charge in [0.25, 0.3) is 5.91 Å². The molecule has 2 heterocycles. The molecule has 8 nitrogen and oxygen atoms in total. The molecule has 0 radical (unpaired) electrons. The summed E-state index contributed by atoms with van der Waals surface area (Å²) in [4.78, 5) is 18.2. The normalized spacial score (nSPS) is 18.7. The SMILES string of the molecule is COc1ccc(N(C(=O)c2cc(S(=O)(=O)N3CCOCC3)c[nH]2)C(C)C2CC2)cc1. The molecule has 1 N–H and O–H groups in total. The predicted octanol–water partition coefficient (Wildman–Crippen LogP) is 2.49. The number of sulfonamides is 1. The molecule has 1 aliphatic heterocycles. The standard InChI is InChI=1S/C21H27N3O5S/c1-15(16-3-4-16)24(17-5-7-18(28-2)8-6-17)21(25)20-13-19(14-22-20)30(26,27)23-9-11-29-12-10-23/h5-8,13-16,22H,3-4,9-12H2,1-2H3. The molecule has 1 aromatic carbocycles. The number of rotatable bonds is 7. The Hall–Kier alpha value is -2.36. The molecule has 2 aromatic rings. The first kappa shape index (κ1) is 20.9. The Kier molecular flexibility index (Phi) is 5.86. The third-order valence-electron chi connectivity index (χ3n) is 5.78. The van der Waals surface area contributed by atoms with Crippen molar-refractivity contribution in [2.75, 3.05) is 38.3 Å². The molecule has 1 unspecified atom stereocenters. The van der Waals surface area contributed by atoms with E-state index < -0.39 is 10.0 Å². The summed E-state index contributed by atoms with van der Waals surface area (Å²) >= 11 is 0. The lowest BCUT2D eigenvalue weighted by Gasteiger charge is -2.29. The van der Waals surface area contributed by atoms with Gasteiger partial charge in [0.15, 0.2) is 0 Å². The highest BCUT2D eigenvalue weighted by Crippen LogP contribution is 2.38. The van der Waals surface area contributed by atoms with Gasteiger partial charge in [-0.25, -0.2) is 8.42 Å². The van der Waals surface area contributed by atoms with Gasteiger partial charge in [-0.3, -0.25) is 4.79 Å². The van der Waals surface area contributed by atoms with Crippen molar-refractivity contribution in [2.24, 2.45) is 5.92 Å². The Morgan fingerprint density at radius 1 is 1.23 bits per heavy atom. The van der Waals surface area contributed by atoms with Gasteiger partial charge in [-0.15, -0.1) is 0 Å². The number of nitrogens with one attached hydrogen (secondary N) is 1. The number of carbonyl (C=O) groups is 1. The van der Waals surface area contributed by atoms with E-state index in [0.717, 1.165) is 18.5 Å². The minimum Gasteiger partial charge on any atom is -0.497 e. The number of benzene rings is 1. The fraction of sp³-hybridized carbons (Fsp3) is 0.476. The van der Waals surface area contributed by atoms with Gasteiger partial charge in [0.05, 0.1) is 20.3 Å². The van der Waals surface area contributed by atoms with E-state index >= 15 is 0 Å². The van der Waals surface area contributed by atoms with Crippen LogP contribution in [0, 0.1) is 5.92 Å². The van der Waals surface area contributed by atoms with Gasteiger partial charge in [0.2, 0.25) is 10.0 Å². The quantitative estimate of drug-likeness (QED) is 0.724. The summed E-state index contributed by atoms with van der Waals surface area (Å²) in [5, 5.41) is 0. The van der Waals surface area contributed by atoms with E-state index in [9.17, 15) is 13.2 Å². The molecule has 1 atom stereocenters. The van der Waals surface area contributed by atoms with Gasteiger partial charge >= 0.3 is 0 Å². The van der Waals surface area contributed by atoms with Crippen molar-refractivity contribution in [1.29, 1.82) is 0 Å². The van der Waals surface area contributed by atoms with Crippen molar-refractivity contribution in [3.8, 4) is 5.75 Å². The van der Waals surface area contributed by atoms with Gasteiger partial charge in [0, 0.05) is 31.0 Å². The Bertz CT molecular complexity index is 992. The molecule has 1 saturated carbocycles. The van der Waals surface area contributed by atoms with Crippen LogP contribution >= 0.6 is 0 Å². The summed E-state index contributed by atoms with van der Waals surface area (Å²) in [7, 11) is -2.07. The molecule has 0 spiro atoms. The first-order chi connectivity index (χ1) is 14.4. The maximum Gasteiger partial charge on any atom is 0.274 e. The number of morpholine rings is 1. The number of H-pyrrole nitrogens is 1. The smallest absolute Gasteiger partial charge is 0.274 e. The minimum atomic E-state index is -3.66. The van der Waals surface area contributed by atoms with Gasteiger partial charge in [0.1, 0.15) is 16.3 Å². The molecule has 1 saturated heterocycles. The second-order valence-corrected chi connectivity index (χ2v) is 9.65. The number of ether oxygens (including phenoxy) is 2. The van der Waals surface area contributed by atoms with Crippen molar-refractivity contribution in [1.82, 2.24) is 9.29 Å². The summed E-state index contributed by atoms with van der Waals surface area (Å²) in [5.74, 6) is 0.912. The first-order valence-corrected chi connectivity index (χ1v) is 11.6. The van der Waals surface area contributed by atoms with Crippen LogP contribution in [0.15, 0.2) is 41.4 Å². The molecule has 4 rings (SSSR count). The summed E-state index contributed by atoms with van der Waals surface area (Å²) < 4.78 is 37.7. The van der Waals surface area contributed by atoms with Crippen LogP contribution in [-0.2, 0) is 14.8 Å². The minimum absolute atomic E-state index is 0.00787. The van der Waals surface area contributed by atoms with E-state index in [1.807, 2.05) is 31.2 Å². The zero-order chi connectivity index (χ0) is 21.3. The lowest BCUT2D eigenvalue weighted by Crippen LogP contribution is -2.41. The van der Waals surface area contributed by atoms with Crippen molar-refractivity contribution < 1.29 is 22.7 Å². The Balaban J connectivity index is 1.61. The number of carbonyl (C=O) groups excluding carboxylic acids is 1. The van der Waals surface area contributed by atoms with Crippen molar-refractivity contribution in [3.05, 3.63) is 42.2 Å². The van der Waals surface area contributed by atoms with Crippen LogP contribution in [0.3, 0.4) is 0 Å². The largest absolute Gasteiger partial charge is 0.497 e. The number of nitrogens with zero attached hydrogens (tertiary/aromatic N) is 2. The second-order valence-electron chi connectivity index (χ2n) is 7.72. The number of aromatic amines is 1. The third-order valence-corrected chi connectivity index (χ3v) is 7.65. The highest BCUT2D eigenvalue weighted by molar-refractivity contribution is 7.89. The lowest BCUT2D eigenvalue weighted by molar-refractivity contribution is 0.0730. The highest BCUT2D eigenvalue weighted by Gasteiger charge is 2.36. The number of amides is 1. The van der Waals surface area contributed by atoms with E-state index in [2.05, 4.69) is 4.98 Å². The molecular formula is C21H27N3O5S. The maximum absolute atomic E-state index is 13.4. The number of aromatic nitrogens is 1. The van der Waals surface area contributed by atoms with E-state index in [1.165, 1.54) is 16.6 Å². The summed E-state index contributed by atoms with van der Waals surface area (Å²) in [6, 6.07) is 8.78. The van der Waals surface area contributed by atoms with E-state index in [1.54, 1.807) is 12.0 Å². The third kappa shape index (κ3) is 4.10. The topological polar surface area (TPSA) is 91.9 Å². The van der Waals surface area contributed by atoms with Crippen LogP contribution in [0.25, 0.3) is 0 Å². The molecule has 2 aliphatic rings. The Morgan fingerprint density at radius 3 is 2.50 bits per heavy atom. The predicted molar refractivity (Wildman–Crippen MR) is 112 cm³/mol. The maximum atomic E-state index is 13.4. The number of methoxy groups -OCH3 is 1. The zero-order valence-corrected chi connectivity index (χ0v) is 18.0. The van der Waals surface area contributed by atoms with Gasteiger partial charge in [-0.2, -0.15) is 4.31 Å². The summed E-state index contributed by atoms with van der Waals surface area (Å²) in [5.41, 5.74) is 1.01. The van der Waals surface area contributed by atoms with Gasteiger partial charge in [-0.1, -0.05) is 0 Å². The molecule has 2 fully saturated rings. The molecule has 30 heavy (non-hydrogen) atoms. The monoisotopic (exact) mass is 433 g/mol. The molecular weight excluding hydrogens is 406 g/mol. The molecule has 1 aliphatic carbocycles. The van der Waals surface area contributed by atoms with Gasteiger partial charge < -0.3 is 19.4 Å². The van der Waals surface area contributed by atoms with E-state index in [4.69, 9.17) is 9.47 Å². The van der Waals surface area contributed by atoms with Crippen LogP contribution in [0.2, 0.25) is 0 Å². The first-order valence-electron chi connectivity index (χ1n) is 10.2. The van der Waals surface area contributed by atoms with Crippen molar-refractivity contribution >= 4 is 21.6 Å². The van der Waals surface area contributed by atoms with Crippen molar-refractivity contribution in [3.63, 3.8) is 0 Å². The summed E-state index contributed by atoms with van der Waals surface area (Å²) in [6.07, 6.45) is 3.57. The molecule has 9 heteroatoms. The molecule has 0 bridgehead atoms. The summed E-state index contributed by atoms with van der Waals surface area (Å²) in [6.45, 7) is 3.41. The van der Waals surface area contributed by atoms with Crippen molar-refractivity contribution in [2.45, 2.75) is 30.7 Å². The average molecular weight is 434 g/mol.